The van der Waals surface area contributed by atoms with E-state index in [-0.39, 0.29) is 5.56 Å². The van der Waals surface area contributed by atoms with Gasteiger partial charge in [0.15, 0.2) is 5.76 Å². The predicted molar refractivity (Wildman–Crippen MR) is 80.2 cm³/mol. The van der Waals surface area contributed by atoms with E-state index < -0.39 is 5.97 Å². The molecule has 0 saturated heterocycles. The number of carboxylic acids is 1. The lowest BCUT2D eigenvalue weighted by molar-refractivity contribution is 0.0696. The molecule has 2 aromatic heterocycles. The summed E-state index contributed by atoms with van der Waals surface area (Å²) in [5.74, 6) is -0.369. The number of hydrogen-bond acceptors (Lipinski definition) is 2. The Morgan fingerprint density at radius 1 is 1.24 bits per heavy atom. The molecule has 0 bridgehead atoms. The topological polar surface area (TPSA) is 55.4 Å². The van der Waals surface area contributed by atoms with Crippen LogP contribution in [-0.2, 0) is 0 Å². The maximum Gasteiger partial charge on any atom is 0.337 e. The largest absolute Gasteiger partial charge is 0.478 e. The molecular formula is C16H12ClNO3. The van der Waals surface area contributed by atoms with E-state index in [1.54, 1.807) is 43.5 Å². The maximum atomic E-state index is 11.4. The van der Waals surface area contributed by atoms with Crippen molar-refractivity contribution < 1.29 is 14.3 Å². The zero-order chi connectivity index (χ0) is 15.0. The van der Waals surface area contributed by atoms with Crippen LogP contribution in [0.25, 0.3) is 17.1 Å². The first-order valence-corrected chi connectivity index (χ1v) is 6.71. The van der Waals surface area contributed by atoms with Crippen LogP contribution in [0.2, 0.25) is 5.02 Å². The smallest absolute Gasteiger partial charge is 0.337 e. The van der Waals surface area contributed by atoms with Gasteiger partial charge in [0.25, 0.3) is 0 Å². The SMILES string of the molecule is Cc1c(C(=O)O)cc(-c2ccco2)n1-c1cccc(Cl)c1. The van der Waals surface area contributed by atoms with Gasteiger partial charge in [-0.05, 0) is 43.3 Å². The van der Waals surface area contributed by atoms with Crippen LogP contribution in [0.4, 0.5) is 0 Å². The minimum atomic E-state index is -0.971. The van der Waals surface area contributed by atoms with Crippen molar-refractivity contribution in [2.45, 2.75) is 6.92 Å². The Morgan fingerprint density at radius 3 is 2.67 bits per heavy atom. The second-order valence-electron chi connectivity index (χ2n) is 4.63. The number of furan rings is 1. The fraction of sp³-hybridized carbons (Fsp3) is 0.0625. The number of benzene rings is 1. The van der Waals surface area contributed by atoms with Crippen molar-refractivity contribution in [1.82, 2.24) is 4.57 Å². The molecule has 0 aliphatic carbocycles. The number of carbonyl (C=O) groups is 1. The molecule has 3 aromatic rings. The summed E-state index contributed by atoms with van der Waals surface area (Å²) in [4.78, 5) is 11.4. The fourth-order valence-corrected chi connectivity index (χ4v) is 2.56. The lowest BCUT2D eigenvalue weighted by atomic mass is 10.2. The predicted octanol–water partition coefficient (Wildman–Crippen LogP) is 4.40. The summed E-state index contributed by atoms with van der Waals surface area (Å²) in [7, 11) is 0. The highest BCUT2D eigenvalue weighted by Gasteiger charge is 2.20. The molecule has 0 aliphatic heterocycles. The molecule has 0 atom stereocenters. The monoisotopic (exact) mass is 301 g/mol. The third kappa shape index (κ3) is 2.34. The molecule has 0 amide bonds. The molecule has 4 nitrogen and oxygen atoms in total. The van der Waals surface area contributed by atoms with Crippen molar-refractivity contribution >= 4 is 17.6 Å². The molecule has 0 unspecified atom stereocenters. The Morgan fingerprint density at radius 2 is 2.05 bits per heavy atom. The van der Waals surface area contributed by atoms with Crippen molar-refractivity contribution in [3.8, 4) is 17.1 Å². The summed E-state index contributed by atoms with van der Waals surface area (Å²) >= 11 is 6.04. The van der Waals surface area contributed by atoms with Gasteiger partial charge in [-0.2, -0.15) is 0 Å². The molecule has 1 N–H and O–H groups in total. The molecule has 0 saturated carbocycles. The van der Waals surface area contributed by atoms with Crippen LogP contribution in [-0.4, -0.2) is 15.6 Å². The van der Waals surface area contributed by atoms with Gasteiger partial charge in [-0.25, -0.2) is 4.79 Å². The van der Waals surface area contributed by atoms with Gasteiger partial charge in [0.1, 0.15) is 0 Å². The molecule has 0 aliphatic rings. The van der Waals surface area contributed by atoms with Crippen molar-refractivity contribution in [2.24, 2.45) is 0 Å². The minimum Gasteiger partial charge on any atom is -0.478 e. The highest BCUT2D eigenvalue weighted by Crippen LogP contribution is 2.30. The Kier molecular flexibility index (Phi) is 3.31. The van der Waals surface area contributed by atoms with E-state index in [1.807, 2.05) is 16.7 Å². The van der Waals surface area contributed by atoms with E-state index in [0.29, 0.717) is 22.2 Å². The lowest BCUT2D eigenvalue weighted by Gasteiger charge is -2.11. The van der Waals surface area contributed by atoms with Gasteiger partial charge in [-0.1, -0.05) is 17.7 Å². The van der Waals surface area contributed by atoms with E-state index in [0.717, 1.165) is 5.69 Å². The Balaban J connectivity index is 2.29. The van der Waals surface area contributed by atoms with Gasteiger partial charge >= 0.3 is 5.97 Å². The van der Waals surface area contributed by atoms with Gasteiger partial charge in [-0.3, -0.25) is 0 Å². The number of rotatable bonds is 3. The Labute approximate surface area is 126 Å². The lowest BCUT2D eigenvalue weighted by Crippen LogP contribution is -2.02. The highest BCUT2D eigenvalue weighted by atomic mass is 35.5. The molecule has 1 aromatic carbocycles. The molecule has 3 rings (SSSR count). The quantitative estimate of drug-likeness (QED) is 0.780. The number of hydrogen-bond donors (Lipinski definition) is 1. The highest BCUT2D eigenvalue weighted by molar-refractivity contribution is 6.30. The number of nitrogens with zero attached hydrogens (tertiary/aromatic N) is 1. The van der Waals surface area contributed by atoms with E-state index >= 15 is 0 Å². The van der Waals surface area contributed by atoms with Gasteiger partial charge in [0.2, 0.25) is 0 Å². The third-order valence-electron chi connectivity index (χ3n) is 3.32. The standard InChI is InChI=1S/C16H12ClNO3/c1-10-13(16(19)20)9-14(15-6-3-7-21-15)18(10)12-5-2-4-11(17)8-12/h2-9H,1H3,(H,19,20). The van der Waals surface area contributed by atoms with E-state index in [2.05, 4.69) is 0 Å². The Hall–Kier alpha value is -2.46. The van der Waals surface area contributed by atoms with Crippen LogP contribution < -0.4 is 0 Å². The average Bonchev–Trinajstić information content (AvgIpc) is 3.05. The summed E-state index contributed by atoms with van der Waals surface area (Å²) < 4.78 is 7.24. The number of carboxylic acid groups (broad SMARTS) is 1. The summed E-state index contributed by atoms with van der Waals surface area (Å²) in [5.41, 5.74) is 2.33. The number of aromatic nitrogens is 1. The first-order chi connectivity index (χ1) is 10.1. The molecule has 0 fully saturated rings. The number of halogens is 1. The molecule has 21 heavy (non-hydrogen) atoms. The average molecular weight is 302 g/mol. The van der Waals surface area contributed by atoms with Crippen LogP contribution >= 0.6 is 11.6 Å². The molecular weight excluding hydrogens is 290 g/mol. The van der Waals surface area contributed by atoms with E-state index in [1.165, 1.54) is 0 Å². The Bertz CT molecular complexity index is 803. The van der Waals surface area contributed by atoms with Crippen molar-refractivity contribution in [1.29, 1.82) is 0 Å². The van der Waals surface area contributed by atoms with Gasteiger partial charge in [-0.15, -0.1) is 0 Å². The van der Waals surface area contributed by atoms with Crippen molar-refractivity contribution in [2.75, 3.05) is 0 Å². The van der Waals surface area contributed by atoms with Crippen LogP contribution in [0, 0.1) is 6.92 Å². The minimum absolute atomic E-state index is 0.237. The second kappa shape index (κ2) is 5.14. The van der Waals surface area contributed by atoms with Crippen LogP contribution in [0.1, 0.15) is 16.1 Å². The summed E-state index contributed by atoms with van der Waals surface area (Å²) in [6.45, 7) is 1.76. The second-order valence-corrected chi connectivity index (χ2v) is 5.06. The number of aromatic carboxylic acids is 1. The van der Waals surface area contributed by atoms with Crippen LogP contribution in [0.3, 0.4) is 0 Å². The molecule has 106 valence electrons. The zero-order valence-corrected chi connectivity index (χ0v) is 12.0. The summed E-state index contributed by atoms with van der Waals surface area (Å²) in [6.07, 6.45) is 1.56. The van der Waals surface area contributed by atoms with Crippen molar-refractivity contribution in [3.05, 3.63) is 65.0 Å². The van der Waals surface area contributed by atoms with Crippen LogP contribution in [0.5, 0.6) is 0 Å². The summed E-state index contributed by atoms with van der Waals surface area (Å²) in [5, 5.41) is 9.92. The van der Waals surface area contributed by atoms with Crippen molar-refractivity contribution in [3.63, 3.8) is 0 Å². The molecule has 0 spiro atoms. The van der Waals surface area contributed by atoms with Crippen LogP contribution in [0.15, 0.2) is 53.1 Å². The van der Waals surface area contributed by atoms with E-state index in [4.69, 9.17) is 16.0 Å². The fourth-order valence-electron chi connectivity index (χ4n) is 2.38. The van der Waals surface area contributed by atoms with Gasteiger partial charge in [0, 0.05) is 16.4 Å². The third-order valence-corrected chi connectivity index (χ3v) is 3.55. The van der Waals surface area contributed by atoms with Gasteiger partial charge < -0.3 is 14.1 Å². The zero-order valence-electron chi connectivity index (χ0n) is 11.2. The molecule has 0 radical (unpaired) electrons. The maximum absolute atomic E-state index is 11.4. The summed E-state index contributed by atoms with van der Waals surface area (Å²) in [6, 6.07) is 12.4. The van der Waals surface area contributed by atoms with E-state index in [9.17, 15) is 9.90 Å². The van der Waals surface area contributed by atoms with Gasteiger partial charge in [0.05, 0.1) is 17.5 Å². The molecule has 2 heterocycles. The molecule has 5 heteroatoms. The first-order valence-electron chi connectivity index (χ1n) is 6.33. The normalized spacial score (nSPS) is 10.8. The first kappa shape index (κ1) is 13.5.